The predicted molar refractivity (Wildman–Crippen MR) is 130 cm³/mol. The Morgan fingerprint density at radius 2 is 1.61 bits per heavy atom. The molecule has 0 saturated heterocycles. The predicted octanol–water partition coefficient (Wildman–Crippen LogP) is 4.26. The summed E-state index contributed by atoms with van der Waals surface area (Å²) < 4.78 is 59.8. The van der Waals surface area contributed by atoms with Gasteiger partial charge in [-0.1, -0.05) is 42.5 Å². The van der Waals surface area contributed by atoms with Gasteiger partial charge in [0.15, 0.2) is 0 Å². The summed E-state index contributed by atoms with van der Waals surface area (Å²) in [6, 6.07) is 18.4. The highest BCUT2D eigenvalue weighted by atomic mass is 32.2. The van der Waals surface area contributed by atoms with Crippen molar-refractivity contribution in [3.63, 3.8) is 0 Å². The fourth-order valence-corrected chi connectivity index (χ4v) is 5.17. The minimum Gasteiger partial charge on any atom is -0.494 e. The first-order valence-corrected chi connectivity index (χ1v) is 12.8. The average molecular weight is 519 g/mol. The summed E-state index contributed by atoms with van der Waals surface area (Å²) in [6.07, 6.45) is 0.892. The van der Waals surface area contributed by atoms with Gasteiger partial charge in [-0.2, -0.15) is 4.31 Å². The van der Waals surface area contributed by atoms with Crippen molar-refractivity contribution < 1.29 is 31.9 Å². The second kappa shape index (κ2) is 13.1. The zero-order valence-electron chi connectivity index (χ0n) is 19.5. The smallest absolute Gasteiger partial charge is 0.262 e. The molecule has 3 aromatic carbocycles. The minimum atomic E-state index is -4.27. The molecule has 7 nitrogen and oxygen atoms in total. The summed E-state index contributed by atoms with van der Waals surface area (Å²) in [6.45, 7) is -0.381. The first-order chi connectivity index (χ1) is 17.3. The van der Waals surface area contributed by atoms with Crippen molar-refractivity contribution in [2.45, 2.75) is 36.7 Å². The van der Waals surface area contributed by atoms with Crippen molar-refractivity contribution in [2.75, 3.05) is 13.3 Å². The minimum absolute atomic E-state index is 0.0105. The van der Waals surface area contributed by atoms with Crippen molar-refractivity contribution in [3.05, 3.63) is 95.8 Å². The molecule has 0 aliphatic rings. The molecule has 0 fully saturated rings. The van der Waals surface area contributed by atoms with Crippen LogP contribution in [0.3, 0.4) is 0 Å². The number of benzene rings is 3. The summed E-state index contributed by atoms with van der Waals surface area (Å²) >= 11 is 0. The molecule has 10 heteroatoms. The third-order valence-corrected chi connectivity index (χ3v) is 7.38. The van der Waals surface area contributed by atoms with Gasteiger partial charge < -0.3 is 4.74 Å². The lowest BCUT2D eigenvalue weighted by atomic mass is 10.0. The van der Waals surface area contributed by atoms with Crippen LogP contribution in [-0.2, 0) is 27.8 Å². The van der Waals surface area contributed by atoms with Gasteiger partial charge in [0.2, 0.25) is 10.0 Å². The van der Waals surface area contributed by atoms with Gasteiger partial charge >= 0.3 is 0 Å². The van der Waals surface area contributed by atoms with E-state index in [0.717, 1.165) is 4.31 Å². The number of nitrogens with one attached hydrogen (secondary N) is 1. The number of hydrogen-bond acceptors (Lipinski definition) is 5. The fourth-order valence-electron chi connectivity index (χ4n) is 3.60. The van der Waals surface area contributed by atoms with E-state index >= 15 is 0 Å². The van der Waals surface area contributed by atoms with Crippen LogP contribution in [-0.4, -0.2) is 43.2 Å². The van der Waals surface area contributed by atoms with Crippen molar-refractivity contribution in [2.24, 2.45) is 0 Å². The van der Waals surface area contributed by atoms with Gasteiger partial charge in [-0.3, -0.25) is 14.4 Å². The Kier molecular flexibility index (Phi) is 9.92. The van der Waals surface area contributed by atoms with E-state index in [0.29, 0.717) is 36.3 Å². The average Bonchev–Trinajstić information content (AvgIpc) is 2.90. The number of hydroxylamine groups is 1. The van der Waals surface area contributed by atoms with Crippen LogP contribution in [0.25, 0.3) is 0 Å². The van der Waals surface area contributed by atoms with Gasteiger partial charge in [0, 0.05) is 6.54 Å². The molecule has 0 heterocycles. The van der Waals surface area contributed by atoms with Crippen LogP contribution in [0.4, 0.5) is 8.78 Å². The number of alkyl halides is 1. The molecule has 0 aliphatic heterocycles. The molecule has 0 radical (unpaired) electrons. The van der Waals surface area contributed by atoms with E-state index < -0.39 is 34.5 Å². The third-order valence-electron chi connectivity index (χ3n) is 5.51. The van der Waals surface area contributed by atoms with Gasteiger partial charge in [-0.25, -0.2) is 18.3 Å². The van der Waals surface area contributed by atoms with Crippen molar-refractivity contribution >= 4 is 15.9 Å². The lowest BCUT2D eigenvalue weighted by Crippen LogP contribution is -2.49. The van der Waals surface area contributed by atoms with Crippen LogP contribution in [0, 0.1) is 5.82 Å². The first-order valence-electron chi connectivity index (χ1n) is 11.4. The maximum Gasteiger partial charge on any atom is 0.262 e. The van der Waals surface area contributed by atoms with Crippen LogP contribution < -0.4 is 10.2 Å². The van der Waals surface area contributed by atoms with Crippen molar-refractivity contribution in [1.82, 2.24) is 9.79 Å². The topological polar surface area (TPSA) is 95.9 Å². The number of unbranched alkanes of at least 4 members (excludes halogenated alkanes) is 1. The molecule has 36 heavy (non-hydrogen) atoms. The largest absolute Gasteiger partial charge is 0.494 e. The lowest BCUT2D eigenvalue weighted by molar-refractivity contribution is -0.133. The van der Waals surface area contributed by atoms with E-state index in [2.05, 4.69) is 0 Å². The summed E-state index contributed by atoms with van der Waals surface area (Å²) in [5.74, 6) is -0.964. The zero-order chi connectivity index (χ0) is 26.0. The highest BCUT2D eigenvalue weighted by Gasteiger charge is 2.36. The molecule has 0 aromatic heterocycles. The van der Waals surface area contributed by atoms with E-state index in [9.17, 15) is 27.2 Å². The van der Waals surface area contributed by atoms with E-state index in [1.165, 1.54) is 48.5 Å². The maximum atomic E-state index is 13.8. The summed E-state index contributed by atoms with van der Waals surface area (Å²) in [5, 5.41) is 9.42. The Labute approximate surface area is 209 Å². The number of nitrogens with zero attached hydrogens (tertiary/aromatic N) is 1. The molecule has 0 spiro atoms. The lowest BCUT2D eigenvalue weighted by Gasteiger charge is -2.30. The van der Waals surface area contributed by atoms with Gasteiger partial charge in [-0.15, -0.1) is 0 Å². The van der Waals surface area contributed by atoms with Crippen molar-refractivity contribution in [1.29, 1.82) is 0 Å². The second-order valence-electron chi connectivity index (χ2n) is 8.07. The summed E-state index contributed by atoms with van der Waals surface area (Å²) in [4.78, 5) is 12.6. The molecule has 3 aromatic rings. The highest BCUT2D eigenvalue weighted by Crippen LogP contribution is 2.25. The molecule has 0 aliphatic carbocycles. The maximum absolute atomic E-state index is 13.8. The first kappa shape index (κ1) is 27.3. The standard InChI is InChI=1S/C26H28F2N2O5S/c27-16-4-5-17-35-23-12-14-24(15-13-23)36(33,34)30(19-21-8-10-22(28)11-9-21)25(26(31)29-32)18-20-6-2-1-3-7-20/h1-3,6-15,25,32H,4-5,16-19H2,(H,29,31)/t25-/m1/s1. The second-order valence-corrected chi connectivity index (χ2v) is 9.96. The molecule has 3 rings (SSSR count). The molecule has 0 saturated carbocycles. The quantitative estimate of drug-likeness (QED) is 0.200. The van der Waals surface area contributed by atoms with Crippen LogP contribution >= 0.6 is 0 Å². The van der Waals surface area contributed by atoms with Crippen LogP contribution in [0.15, 0.2) is 83.8 Å². The summed E-state index contributed by atoms with van der Waals surface area (Å²) in [5.41, 5.74) is 2.71. The number of halogens is 2. The number of carbonyl (C=O) groups excluding carboxylic acids is 1. The zero-order valence-corrected chi connectivity index (χ0v) is 20.3. The summed E-state index contributed by atoms with van der Waals surface area (Å²) in [7, 11) is -4.27. The Bertz CT molecular complexity index is 1210. The van der Waals surface area contributed by atoms with Gasteiger partial charge in [-0.05, 0) is 66.8 Å². The van der Waals surface area contributed by atoms with Crippen molar-refractivity contribution in [3.8, 4) is 5.75 Å². The molecule has 1 amide bonds. The molecular weight excluding hydrogens is 490 g/mol. The Balaban J connectivity index is 1.96. The van der Waals surface area contributed by atoms with Gasteiger partial charge in [0.1, 0.15) is 17.6 Å². The highest BCUT2D eigenvalue weighted by molar-refractivity contribution is 7.89. The van der Waals surface area contributed by atoms with E-state index in [4.69, 9.17) is 4.74 Å². The third kappa shape index (κ3) is 7.33. The van der Waals surface area contributed by atoms with Crippen LogP contribution in [0.5, 0.6) is 5.75 Å². The molecule has 2 N–H and O–H groups in total. The number of carbonyl (C=O) groups is 1. The monoisotopic (exact) mass is 518 g/mol. The Morgan fingerprint density at radius 3 is 2.22 bits per heavy atom. The number of hydrogen-bond donors (Lipinski definition) is 2. The molecule has 0 unspecified atom stereocenters. The molecular formula is C26H28F2N2O5S. The Hall–Kier alpha value is -3.34. The van der Waals surface area contributed by atoms with Crippen LogP contribution in [0.1, 0.15) is 24.0 Å². The molecule has 0 bridgehead atoms. The number of ether oxygens (including phenoxy) is 1. The number of sulfonamides is 1. The molecule has 1 atom stereocenters. The number of rotatable bonds is 13. The Morgan fingerprint density at radius 1 is 0.944 bits per heavy atom. The van der Waals surface area contributed by atoms with E-state index in [1.54, 1.807) is 35.8 Å². The number of amides is 1. The molecule has 192 valence electrons. The van der Waals surface area contributed by atoms with E-state index in [1.807, 2.05) is 0 Å². The van der Waals surface area contributed by atoms with E-state index in [-0.39, 0.29) is 17.9 Å². The van der Waals surface area contributed by atoms with Crippen LogP contribution in [0.2, 0.25) is 0 Å². The fraction of sp³-hybridized carbons (Fsp3) is 0.269. The normalized spacial score (nSPS) is 12.3. The van der Waals surface area contributed by atoms with Gasteiger partial charge in [0.05, 0.1) is 18.2 Å². The SMILES string of the molecule is O=C(NO)[C@@H](Cc1ccccc1)N(Cc1ccc(F)cc1)S(=O)(=O)c1ccc(OCCCCF)cc1. The van der Waals surface area contributed by atoms with Gasteiger partial charge in [0.25, 0.3) is 5.91 Å².